The Bertz CT molecular complexity index is 560. The Labute approximate surface area is 139 Å². The van der Waals surface area contributed by atoms with Gasteiger partial charge in [-0.3, -0.25) is 4.79 Å². The van der Waals surface area contributed by atoms with Gasteiger partial charge in [0, 0.05) is 5.41 Å². The number of ether oxygens (including phenoxy) is 2. The minimum absolute atomic E-state index is 0.0712. The molecule has 0 spiro atoms. The molecule has 1 heterocycles. The lowest BCUT2D eigenvalue weighted by atomic mass is 9.70. The van der Waals surface area contributed by atoms with E-state index in [9.17, 15) is 24.9 Å². The summed E-state index contributed by atoms with van der Waals surface area (Å²) in [6.07, 6.45) is -7.65. The van der Waals surface area contributed by atoms with E-state index in [0.29, 0.717) is 0 Å². The minimum atomic E-state index is -1.78. The number of carbonyl (C=O) groups excluding carboxylic acids is 1. The molecule has 8 unspecified atom stereocenters. The molecular formula is C16H24O8. The zero-order valence-corrected chi connectivity index (χ0v) is 13.9. The summed E-state index contributed by atoms with van der Waals surface area (Å²) in [5.41, 5.74) is -0.815. The fourth-order valence-corrected chi connectivity index (χ4v) is 4.47. The van der Waals surface area contributed by atoms with Gasteiger partial charge in [-0.1, -0.05) is 20.8 Å². The topological polar surface area (TPSA) is 134 Å². The van der Waals surface area contributed by atoms with Crippen LogP contribution in [0, 0.1) is 16.7 Å². The molecule has 1 saturated heterocycles. The summed E-state index contributed by atoms with van der Waals surface area (Å²) in [5, 5.41) is 38.7. The van der Waals surface area contributed by atoms with Crippen LogP contribution in [0.15, 0.2) is 0 Å². The van der Waals surface area contributed by atoms with E-state index >= 15 is 0 Å². The van der Waals surface area contributed by atoms with Crippen molar-refractivity contribution in [1.29, 1.82) is 0 Å². The number of carbonyl (C=O) groups is 2. The first-order chi connectivity index (χ1) is 11.0. The Kier molecular flexibility index (Phi) is 4.05. The number of hydrogen-bond acceptors (Lipinski definition) is 7. The van der Waals surface area contributed by atoms with Crippen molar-refractivity contribution in [1.82, 2.24) is 0 Å². The molecule has 1 aliphatic heterocycles. The molecular weight excluding hydrogens is 320 g/mol. The highest BCUT2D eigenvalue weighted by Crippen LogP contribution is 2.64. The second-order valence-corrected chi connectivity index (χ2v) is 7.85. The maximum absolute atomic E-state index is 12.8. The number of aliphatic hydroxyl groups is 3. The van der Waals surface area contributed by atoms with Crippen LogP contribution in [0.2, 0.25) is 0 Å². The third-order valence-corrected chi connectivity index (χ3v) is 6.57. The fraction of sp³-hybridized carbons (Fsp3) is 0.875. The number of ketones is 1. The number of hydrogen-bond donors (Lipinski definition) is 4. The summed E-state index contributed by atoms with van der Waals surface area (Å²) in [6.45, 7) is 5.90. The predicted molar refractivity (Wildman–Crippen MR) is 78.8 cm³/mol. The zero-order valence-electron chi connectivity index (χ0n) is 13.9. The van der Waals surface area contributed by atoms with Crippen molar-refractivity contribution in [3.63, 3.8) is 0 Å². The van der Waals surface area contributed by atoms with E-state index in [4.69, 9.17) is 14.6 Å². The van der Waals surface area contributed by atoms with Crippen molar-refractivity contribution < 1.29 is 39.5 Å². The van der Waals surface area contributed by atoms with E-state index < -0.39 is 48.2 Å². The lowest BCUT2D eigenvalue weighted by Crippen LogP contribution is -2.61. The zero-order chi connectivity index (χ0) is 18.0. The van der Waals surface area contributed by atoms with Crippen LogP contribution in [-0.2, 0) is 19.1 Å². The van der Waals surface area contributed by atoms with Crippen LogP contribution in [0.5, 0.6) is 0 Å². The third-order valence-electron chi connectivity index (χ3n) is 6.57. The van der Waals surface area contributed by atoms with E-state index in [1.165, 1.54) is 0 Å². The van der Waals surface area contributed by atoms with Crippen molar-refractivity contribution in [2.24, 2.45) is 16.7 Å². The molecule has 3 fully saturated rings. The van der Waals surface area contributed by atoms with Gasteiger partial charge in [0.05, 0.1) is 0 Å². The van der Waals surface area contributed by atoms with Crippen molar-refractivity contribution in [2.45, 2.75) is 70.4 Å². The van der Waals surface area contributed by atoms with Gasteiger partial charge >= 0.3 is 5.97 Å². The Morgan fingerprint density at radius 2 is 1.79 bits per heavy atom. The SMILES string of the molecule is CC12CCC(C(OC3OC(C(=O)O)C(O)C(O)C3O)C1=O)C2(C)C. The number of fused-ring (bicyclic) bond motifs is 2. The number of rotatable bonds is 3. The smallest absolute Gasteiger partial charge is 0.335 e. The molecule has 8 heteroatoms. The van der Waals surface area contributed by atoms with Crippen LogP contribution in [-0.4, -0.2) is 69.0 Å². The van der Waals surface area contributed by atoms with Gasteiger partial charge in [0.25, 0.3) is 0 Å². The number of aliphatic hydroxyl groups excluding tert-OH is 3. The Morgan fingerprint density at radius 1 is 1.17 bits per heavy atom. The number of carboxylic acid groups (broad SMARTS) is 1. The molecule has 4 N–H and O–H groups in total. The van der Waals surface area contributed by atoms with Crippen LogP contribution < -0.4 is 0 Å². The molecule has 8 atom stereocenters. The first-order valence-electron chi connectivity index (χ1n) is 8.14. The summed E-state index contributed by atoms with van der Waals surface area (Å²) < 4.78 is 10.8. The van der Waals surface area contributed by atoms with Gasteiger partial charge in [-0.15, -0.1) is 0 Å². The van der Waals surface area contributed by atoms with Gasteiger partial charge in [0.2, 0.25) is 0 Å². The van der Waals surface area contributed by atoms with Gasteiger partial charge in [-0.05, 0) is 24.2 Å². The van der Waals surface area contributed by atoms with Crippen molar-refractivity contribution in [2.75, 3.05) is 0 Å². The van der Waals surface area contributed by atoms with Gasteiger partial charge in [-0.2, -0.15) is 0 Å². The van der Waals surface area contributed by atoms with Gasteiger partial charge < -0.3 is 29.9 Å². The first kappa shape index (κ1) is 17.8. The van der Waals surface area contributed by atoms with Crippen LogP contribution in [0.3, 0.4) is 0 Å². The van der Waals surface area contributed by atoms with E-state index in [-0.39, 0.29) is 17.1 Å². The number of carboxylic acids is 1. The molecule has 3 rings (SSSR count). The van der Waals surface area contributed by atoms with Gasteiger partial charge in [0.15, 0.2) is 18.2 Å². The highest BCUT2D eigenvalue weighted by Gasteiger charge is 2.67. The lowest BCUT2D eigenvalue weighted by molar-refractivity contribution is -0.304. The highest BCUT2D eigenvalue weighted by molar-refractivity contribution is 5.93. The van der Waals surface area contributed by atoms with Crippen LogP contribution in [0.4, 0.5) is 0 Å². The van der Waals surface area contributed by atoms with E-state index in [1.807, 2.05) is 20.8 Å². The number of aliphatic carboxylic acids is 1. The van der Waals surface area contributed by atoms with E-state index in [1.54, 1.807) is 0 Å². The van der Waals surface area contributed by atoms with Crippen molar-refractivity contribution >= 4 is 11.8 Å². The van der Waals surface area contributed by atoms with Gasteiger partial charge in [-0.25, -0.2) is 4.79 Å². The normalized spacial score (nSPS) is 50.2. The first-order valence-corrected chi connectivity index (χ1v) is 8.14. The molecule has 0 amide bonds. The van der Waals surface area contributed by atoms with E-state index in [0.717, 1.165) is 12.8 Å². The average molecular weight is 344 g/mol. The quantitative estimate of drug-likeness (QED) is 0.527. The molecule has 0 aromatic heterocycles. The lowest BCUT2D eigenvalue weighted by Gasteiger charge is -2.40. The second-order valence-electron chi connectivity index (χ2n) is 7.85. The van der Waals surface area contributed by atoms with Crippen LogP contribution >= 0.6 is 0 Å². The maximum Gasteiger partial charge on any atom is 0.335 e. The monoisotopic (exact) mass is 344 g/mol. The Balaban J connectivity index is 1.81. The van der Waals surface area contributed by atoms with Crippen LogP contribution in [0.25, 0.3) is 0 Å². The summed E-state index contributed by atoms with van der Waals surface area (Å²) >= 11 is 0. The summed E-state index contributed by atoms with van der Waals surface area (Å²) in [6, 6.07) is 0. The summed E-state index contributed by atoms with van der Waals surface area (Å²) in [7, 11) is 0. The standard InChI is InChI=1S/C16H24O8/c1-15(2)6-4-5-16(15,3)12(20)10(6)23-14-9(19)7(17)8(18)11(24-14)13(21)22/h6-11,14,17-19H,4-5H2,1-3H3,(H,21,22). The molecule has 3 aliphatic rings. The Morgan fingerprint density at radius 3 is 2.29 bits per heavy atom. The summed E-state index contributed by atoms with van der Waals surface area (Å²) in [5.74, 6) is -1.64. The minimum Gasteiger partial charge on any atom is -0.479 e. The summed E-state index contributed by atoms with van der Waals surface area (Å²) in [4.78, 5) is 23.9. The maximum atomic E-state index is 12.8. The van der Waals surface area contributed by atoms with E-state index in [2.05, 4.69) is 0 Å². The predicted octanol–water partition coefficient (Wildman–Crippen LogP) is -0.711. The van der Waals surface area contributed by atoms with Gasteiger partial charge in [0.1, 0.15) is 24.4 Å². The molecule has 136 valence electrons. The second kappa shape index (κ2) is 5.47. The third kappa shape index (κ3) is 2.17. The highest BCUT2D eigenvalue weighted by atomic mass is 16.7. The van der Waals surface area contributed by atoms with Crippen molar-refractivity contribution in [3.05, 3.63) is 0 Å². The molecule has 8 nitrogen and oxygen atoms in total. The average Bonchev–Trinajstić information content (AvgIpc) is 2.81. The van der Waals surface area contributed by atoms with Crippen LogP contribution in [0.1, 0.15) is 33.6 Å². The largest absolute Gasteiger partial charge is 0.479 e. The Hall–Kier alpha value is -1.06. The van der Waals surface area contributed by atoms with Crippen molar-refractivity contribution in [3.8, 4) is 0 Å². The molecule has 2 saturated carbocycles. The molecule has 2 bridgehead atoms. The fourth-order valence-electron chi connectivity index (χ4n) is 4.47. The molecule has 0 radical (unpaired) electrons. The number of Topliss-reactive ketones (excluding diaryl/α,β-unsaturated/α-hetero) is 1. The molecule has 24 heavy (non-hydrogen) atoms. The molecule has 2 aliphatic carbocycles. The molecule has 0 aromatic carbocycles. The molecule has 0 aromatic rings.